The van der Waals surface area contributed by atoms with Crippen molar-refractivity contribution in [3.63, 3.8) is 0 Å². The molecule has 4 rings (SSSR count). The minimum atomic E-state index is -4.81. The minimum Gasteiger partial charge on any atom is -0.480 e. The predicted molar refractivity (Wildman–Crippen MR) is 114 cm³/mol. The van der Waals surface area contributed by atoms with Crippen LogP contribution in [0.1, 0.15) is 30.1 Å². The third-order valence-corrected chi connectivity index (χ3v) is 6.90. The molecule has 2 aromatic carbocycles. The maximum atomic E-state index is 13.0. The summed E-state index contributed by atoms with van der Waals surface area (Å²) in [5.41, 5.74) is 2.29. The number of rotatable bonds is 7. The summed E-state index contributed by atoms with van der Waals surface area (Å²) < 4.78 is 71.3. The Kier molecular flexibility index (Phi) is 6.36. The molecule has 34 heavy (non-hydrogen) atoms. The van der Waals surface area contributed by atoms with Crippen molar-refractivity contribution in [2.45, 2.75) is 43.1 Å². The molecular weight excluding hydrogens is 475 g/mol. The number of halogens is 3. The summed E-state index contributed by atoms with van der Waals surface area (Å²) >= 11 is 0. The molecule has 0 spiro atoms. The van der Waals surface area contributed by atoms with Crippen molar-refractivity contribution < 1.29 is 36.2 Å². The van der Waals surface area contributed by atoms with Gasteiger partial charge in [0.1, 0.15) is 12.3 Å². The van der Waals surface area contributed by atoms with Crippen molar-refractivity contribution in [1.29, 1.82) is 0 Å². The van der Waals surface area contributed by atoms with E-state index in [1.54, 1.807) is 6.07 Å². The van der Waals surface area contributed by atoms with Crippen molar-refractivity contribution in [3.05, 3.63) is 66.0 Å². The number of ether oxygens (including phenoxy) is 1. The summed E-state index contributed by atoms with van der Waals surface area (Å²) in [4.78, 5) is 11.0. The lowest BCUT2D eigenvalue weighted by Gasteiger charge is -2.24. The normalized spacial score (nSPS) is 16.1. The number of carboxylic acids is 1. The predicted octanol–water partition coefficient (Wildman–Crippen LogP) is 3.89. The van der Waals surface area contributed by atoms with E-state index in [9.17, 15) is 26.4 Å². The van der Waals surface area contributed by atoms with E-state index in [4.69, 9.17) is 5.11 Å². The molecule has 1 unspecified atom stereocenters. The molecule has 180 valence electrons. The molecule has 0 amide bonds. The molecule has 0 radical (unpaired) electrons. The Bertz CT molecular complexity index is 1300. The van der Waals surface area contributed by atoms with Gasteiger partial charge in [0.2, 0.25) is 10.0 Å². The fourth-order valence-electron chi connectivity index (χ4n) is 3.96. The lowest BCUT2D eigenvalue weighted by Crippen LogP contribution is -2.31. The number of fused-ring (bicyclic) bond motifs is 1. The van der Waals surface area contributed by atoms with Crippen LogP contribution in [0, 0.1) is 0 Å². The van der Waals surface area contributed by atoms with Crippen LogP contribution in [0.4, 0.5) is 13.2 Å². The number of carboxylic acid groups (broad SMARTS) is 1. The zero-order valence-corrected chi connectivity index (χ0v) is 18.4. The zero-order valence-electron chi connectivity index (χ0n) is 17.6. The second-order valence-corrected chi connectivity index (χ2v) is 9.48. The highest BCUT2D eigenvalue weighted by Gasteiger charge is 2.31. The number of benzene rings is 2. The standard InChI is InChI=1S/C22H20F3N3O5S/c23-22(24,25)33-16-4-1-3-15(11-16)14-7-9-17(10-8-14)34(31,32)27-19-5-2-6-20-18(19)12-26-28(20)13-21(29)30/h1,3-4,7-12,19,27H,2,5-6,13H2,(H,29,30). The van der Waals surface area contributed by atoms with Gasteiger partial charge in [-0.3, -0.25) is 9.48 Å². The lowest BCUT2D eigenvalue weighted by atomic mass is 9.94. The first kappa shape index (κ1) is 23.8. The van der Waals surface area contributed by atoms with E-state index in [1.165, 1.54) is 53.3 Å². The van der Waals surface area contributed by atoms with Gasteiger partial charge in [-0.15, -0.1) is 13.2 Å². The minimum absolute atomic E-state index is 0.0102. The summed E-state index contributed by atoms with van der Waals surface area (Å²) in [6, 6.07) is 10.6. The fraction of sp³-hybridized carbons (Fsp3) is 0.273. The van der Waals surface area contributed by atoms with Gasteiger partial charge in [0, 0.05) is 11.3 Å². The molecule has 8 nitrogen and oxygen atoms in total. The Labute approximate surface area is 193 Å². The molecule has 1 aliphatic rings. The highest BCUT2D eigenvalue weighted by Crippen LogP contribution is 2.32. The van der Waals surface area contributed by atoms with Crippen LogP contribution in [-0.4, -0.2) is 35.6 Å². The van der Waals surface area contributed by atoms with E-state index < -0.39 is 28.4 Å². The van der Waals surface area contributed by atoms with Gasteiger partial charge in [0.05, 0.1) is 17.1 Å². The molecule has 1 aliphatic carbocycles. The molecule has 1 atom stereocenters. The van der Waals surface area contributed by atoms with Gasteiger partial charge in [-0.25, -0.2) is 13.1 Å². The van der Waals surface area contributed by atoms with Gasteiger partial charge in [-0.2, -0.15) is 5.10 Å². The molecule has 0 bridgehead atoms. The van der Waals surface area contributed by atoms with Crippen LogP contribution >= 0.6 is 0 Å². The highest BCUT2D eigenvalue weighted by molar-refractivity contribution is 7.89. The Morgan fingerprint density at radius 2 is 1.91 bits per heavy atom. The topological polar surface area (TPSA) is 111 Å². The largest absolute Gasteiger partial charge is 0.573 e. The molecule has 0 fully saturated rings. The molecule has 0 saturated carbocycles. The van der Waals surface area contributed by atoms with E-state index in [0.29, 0.717) is 41.6 Å². The van der Waals surface area contributed by atoms with Crippen molar-refractivity contribution >= 4 is 16.0 Å². The summed E-state index contributed by atoms with van der Waals surface area (Å²) in [7, 11) is -3.92. The van der Waals surface area contributed by atoms with Gasteiger partial charge in [0.15, 0.2) is 0 Å². The maximum absolute atomic E-state index is 13.0. The quantitative estimate of drug-likeness (QED) is 0.515. The Balaban J connectivity index is 1.52. The van der Waals surface area contributed by atoms with Gasteiger partial charge in [-0.05, 0) is 54.7 Å². The lowest BCUT2D eigenvalue weighted by molar-refractivity contribution is -0.274. The third kappa shape index (κ3) is 5.39. The van der Waals surface area contributed by atoms with Crippen molar-refractivity contribution in [2.24, 2.45) is 0 Å². The summed E-state index contributed by atoms with van der Waals surface area (Å²) in [6.07, 6.45) is -1.52. The van der Waals surface area contributed by atoms with Crippen LogP contribution in [0.25, 0.3) is 11.1 Å². The molecular formula is C22H20F3N3O5S. The molecule has 1 heterocycles. The number of aromatic nitrogens is 2. The first-order chi connectivity index (χ1) is 16.0. The van der Waals surface area contributed by atoms with Gasteiger partial charge in [0.25, 0.3) is 0 Å². The van der Waals surface area contributed by atoms with Crippen LogP contribution in [0.5, 0.6) is 5.75 Å². The van der Waals surface area contributed by atoms with E-state index in [2.05, 4.69) is 14.6 Å². The number of nitrogens with zero attached hydrogens (tertiary/aromatic N) is 2. The van der Waals surface area contributed by atoms with Crippen LogP contribution in [0.15, 0.2) is 59.6 Å². The number of alkyl halides is 3. The molecule has 0 aliphatic heterocycles. The van der Waals surface area contributed by atoms with E-state index >= 15 is 0 Å². The third-order valence-electron chi connectivity index (χ3n) is 5.41. The van der Waals surface area contributed by atoms with Gasteiger partial charge >= 0.3 is 12.3 Å². The number of aliphatic carboxylic acids is 1. The number of hydrogen-bond donors (Lipinski definition) is 2. The Morgan fingerprint density at radius 3 is 2.59 bits per heavy atom. The van der Waals surface area contributed by atoms with Crippen LogP contribution in [0.2, 0.25) is 0 Å². The van der Waals surface area contributed by atoms with Crippen LogP contribution < -0.4 is 9.46 Å². The monoisotopic (exact) mass is 495 g/mol. The van der Waals surface area contributed by atoms with Crippen LogP contribution in [0.3, 0.4) is 0 Å². The summed E-state index contributed by atoms with van der Waals surface area (Å²) in [5, 5.41) is 13.1. The fourth-order valence-corrected chi connectivity index (χ4v) is 5.21. The summed E-state index contributed by atoms with van der Waals surface area (Å²) in [6.45, 7) is -0.300. The average molecular weight is 495 g/mol. The smallest absolute Gasteiger partial charge is 0.480 e. The van der Waals surface area contributed by atoms with Gasteiger partial charge in [-0.1, -0.05) is 24.3 Å². The SMILES string of the molecule is O=C(O)Cn1ncc2c1CCCC2NS(=O)(=O)c1ccc(-c2cccc(OC(F)(F)F)c2)cc1. The average Bonchev–Trinajstić information content (AvgIpc) is 3.16. The number of nitrogens with one attached hydrogen (secondary N) is 1. The van der Waals surface area contributed by atoms with Crippen molar-refractivity contribution in [2.75, 3.05) is 0 Å². The van der Waals surface area contributed by atoms with Crippen molar-refractivity contribution in [3.8, 4) is 16.9 Å². The number of sulfonamides is 1. The summed E-state index contributed by atoms with van der Waals surface area (Å²) in [5.74, 6) is -1.41. The van der Waals surface area contributed by atoms with E-state index in [1.807, 2.05) is 0 Å². The van der Waals surface area contributed by atoms with E-state index in [0.717, 1.165) is 0 Å². The van der Waals surface area contributed by atoms with Gasteiger partial charge < -0.3 is 9.84 Å². The molecule has 2 N–H and O–H groups in total. The number of hydrogen-bond acceptors (Lipinski definition) is 5. The molecule has 12 heteroatoms. The van der Waals surface area contributed by atoms with Crippen LogP contribution in [-0.2, 0) is 27.8 Å². The first-order valence-corrected chi connectivity index (χ1v) is 11.7. The molecule has 0 saturated heterocycles. The van der Waals surface area contributed by atoms with Crippen molar-refractivity contribution in [1.82, 2.24) is 14.5 Å². The zero-order chi connectivity index (χ0) is 24.5. The molecule has 3 aromatic rings. The first-order valence-electron chi connectivity index (χ1n) is 10.3. The maximum Gasteiger partial charge on any atom is 0.573 e. The second kappa shape index (κ2) is 9.11. The molecule has 1 aromatic heterocycles. The highest BCUT2D eigenvalue weighted by atomic mass is 32.2. The Morgan fingerprint density at radius 1 is 1.18 bits per heavy atom. The number of carbonyl (C=O) groups is 1. The van der Waals surface area contributed by atoms with E-state index in [-0.39, 0.29) is 17.2 Å². The second-order valence-electron chi connectivity index (χ2n) is 7.76. The Hall–Kier alpha value is -3.38.